The van der Waals surface area contributed by atoms with E-state index >= 15 is 0 Å². The zero-order valence-corrected chi connectivity index (χ0v) is 6.57. The molecular weight excluding hydrogens is 129 g/mol. The van der Waals surface area contributed by atoms with Gasteiger partial charge in [-0.05, 0) is 19.8 Å². The number of nitrogens with one attached hydrogen (secondary N) is 1. The van der Waals surface area contributed by atoms with E-state index in [1.54, 1.807) is 6.92 Å². The molecule has 0 amide bonds. The van der Waals surface area contributed by atoms with Gasteiger partial charge in [0.2, 0.25) is 0 Å². The Balaban J connectivity index is 2.01. The van der Waals surface area contributed by atoms with Crippen LogP contribution in [0, 0.1) is 0 Å². The van der Waals surface area contributed by atoms with E-state index < -0.39 is 6.17 Å². The van der Waals surface area contributed by atoms with Gasteiger partial charge in [0, 0.05) is 12.6 Å². The van der Waals surface area contributed by atoms with E-state index in [1.807, 2.05) is 0 Å². The van der Waals surface area contributed by atoms with E-state index in [-0.39, 0.29) is 0 Å². The summed E-state index contributed by atoms with van der Waals surface area (Å²) in [7, 11) is 0. The normalized spacial score (nSPS) is 23.4. The summed E-state index contributed by atoms with van der Waals surface area (Å²) in [5.74, 6) is 0. The van der Waals surface area contributed by atoms with Crippen molar-refractivity contribution in [3.63, 3.8) is 0 Å². The topological polar surface area (TPSA) is 12.0 Å². The van der Waals surface area contributed by atoms with Crippen LogP contribution in [0.25, 0.3) is 0 Å². The molecule has 0 aliphatic heterocycles. The van der Waals surface area contributed by atoms with E-state index in [0.717, 1.165) is 0 Å². The summed E-state index contributed by atoms with van der Waals surface area (Å²) in [6, 6.07) is 0.609. The Labute approximate surface area is 62.0 Å². The maximum absolute atomic E-state index is 12.3. The lowest BCUT2D eigenvalue weighted by atomic mass is 10.2. The smallest absolute Gasteiger partial charge is 0.110 e. The first-order valence-corrected chi connectivity index (χ1v) is 4.16. The Kier molecular flexibility index (Phi) is 3.13. The van der Waals surface area contributed by atoms with Gasteiger partial charge in [-0.25, -0.2) is 4.39 Å². The number of rotatable bonds is 3. The van der Waals surface area contributed by atoms with Gasteiger partial charge in [-0.1, -0.05) is 12.8 Å². The zero-order valence-electron chi connectivity index (χ0n) is 6.57. The zero-order chi connectivity index (χ0) is 7.40. The molecule has 0 aromatic heterocycles. The third kappa shape index (κ3) is 2.65. The van der Waals surface area contributed by atoms with Crippen molar-refractivity contribution < 1.29 is 4.39 Å². The minimum atomic E-state index is -0.694. The number of hydrogen-bond acceptors (Lipinski definition) is 1. The van der Waals surface area contributed by atoms with Crippen molar-refractivity contribution in [2.24, 2.45) is 0 Å². The third-order valence-electron chi connectivity index (χ3n) is 2.04. The Morgan fingerprint density at radius 1 is 1.50 bits per heavy atom. The second-order valence-corrected chi connectivity index (χ2v) is 3.17. The van der Waals surface area contributed by atoms with Gasteiger partial charge in [0.1, 0.15) is 6.17 Å². The first-order valence-electron chi connectivity index (χ1n) is 4.16. The summed E-state index contributed by atoms with van der Waals surface area (Å²) in [5, 5.41) is 3.21. The maximum atomic E-state index is 12.3. The molecular formula is C8H16FN. The van der Waals surface area contributed by atoms with Gasteiger partial charge in [0.25, 0.3) is 0 Å². The molecule has 1 aliphatic carbocycles. The molecule has 1 saturated carbocycles. The summed E-state index contributed by atoms with van der Waals surface area (Å²) < 4.78 is 12.3. The molecule has 1 aliphatic rings. The predicted octanol–water partition coefficient (Wildman–Crippen LogP) is 1.88. The Morgan fingerprint density at radius 3 is 2.60 bits per heavy atom. The largest absolute Gasteiger partial charge is 0.311 e. The molecule has 1 atom stereocenters. The van der Waals surface area contributed by atoms with Crippen molar-refractivity contribution in [1.29, 1.82) is 0 Å². The molecule has 1 nitrogen and oxygen atoms in total. The van der Waals surface area contributed by atoms with Crippen molar-refractivity contribution in [3.05, 3.63) is 0 Å². The fourth-order valence-electron chi connectivity index (χ4n) is 1.46. The number of hydrogen-bond donors (Lipinski definition) is 1. The summed E-state index contributed by atoms with van der Waals surface area (Å²) >= 11 is 0. The van der Waals surface area contributed by atoms with Gasteiger partial charge < -0.3 is 5.32 Å². The molecule has 0 heterocycles. The molecule has 60 valence electrons. The van der Waals surface area contributed by atoms with Gasteiger partial charge >= 0.3 is 0 Å². The van der Waals surface area contributed by atoms with Crippen molar-refractivity contribution in [3.8, 4) is 0 Å². The molecule has 1 fully saturated rings. The van der Waals surface area contributed by atoms with Crippen LogP contribution in [0.2, 0.25) is 0 Å². The molecule has 1 N–H and O–H groups in total. The quantitative estimate of drug-likeness (QED) is 0.639. The minimum Gasteiger partial charge on any atom is -0.311 e. The molecule has 1 unspecified atom stereocenters. The third-order valence-corrected chi connectivity index (χ3v) is 2.04. The highest BCUT2D eigenvalue weighted by Crippen LogP contribution is 2.17. The molecule has 0 spiro atoms. The van der Waals surface area contributed by atoms with E-state index in [0.29, 0.717) is 12.6 Å². The van der Waals surface area contributed by atoms with Crippen LogP contribution in [0.4, 0.5) is 4.39 Å². The maximum Gasteiger partial charge on any atom is 0.110 e. The highest BCUT2D eigenvalue weighted by Gasteiger charge is 2.14. The first kappa shape index (κ1) is 7.99. The molecule has 10 heavy (non-hydrogen) atoms. The SMILES string of the molecule is CC(F)CNC1CCCC1. The van der Waals surface area contributed by atoms with Gasteiger partial charge in [0.05, 0.1) is 0 Å². The average Bonchev–Trinajstić information content (AvgIpc) is 2.34. The highest BCUT2D eigenvalue weighted by molar-refractivity contribution is 4.73. The summed E-state index contributed by atoms with van der Waals surface area (Å²) in [6.07, 6.45) is 4.43. The Morgan fingerprint density at radius 2 is 2.10 bits per heavy atom. The predicted molar refractivity (Wildman–Crippen MR) is 40.8 cm³/mol. The van der Waals surface area contributed by atoms with Gasteiger partial charge in [-0.15, -0.1) is 0 Å². The van der Waals surface area contributed by atoms with Crippen LogP contribution >= 0.6 is 0 Å². The van der Waals surface area contributed by atoms with E-state index in [1.165, 1.54) is 25.7 Å². The summed E-state index contributed by atoms with van der Waals surface area (Å²) in [4.78, 5) is 0. The lowest BCUT2D eigenvalue weighted by Gasteiger charge is -2.11. The molecule has 0 aromatic carbocycles. The molecule has 1 rings (SSSR count). The van der Waals surface area contributed by atoms with Crippen molar-refractivity contribution in [2.45, 2.75) is 44.8 Å². The molecule has 0 aromatic rings. The van der Waals surface area contributed by atoms with Crippen molar-refractivity contribution >= 4 is 0 Å². The molecule has 0 saturated heterocycles. The summed E-state index contributed by atoms with van der Waals surface area (Å²) in [6.45, 7) is 2.13. The number of halogens is 1. The molecule has 0 bridgehead atoms. The standard InChI is InChI=1S/C8H16FN/c1-7(9)6-10-8-4-2-3-5-8/h7-8,10H,2-6H2,1H3. The van der Waals surface area contributed by atoms with Crippen LogP contribution in [0.1, 0.15) is 32.6 Å². The van der Waals surface area contributed by atoms with E-state index in [2.05, 4.69) is 5.32 Å². The van der Waals surface area contributed by atoms with E-state index in [9.17, 15) is 4.39 Å². The average molecular weight is 145 g/mol. The Hall–Kier alpha value is -0.110. The fraction of sp³-hybridized carbons (Fsp3) is 1.00. The van der Waals surface area contributed by atoms with Gasteiger partial charge in [-0.2, -0.15) is 0 Å². The van der Waals surface area contributed by atoms with Gasteiger partial charge in [-0.3, -0.25) is 0 Å². The minimum absolute atomic E-state index is 0.532. The van der Waals surface area contributed by atoms with Crippen LogP contribution in [-0.4, -0.2) is 18.8 Å². The number of alkyl halides is 1. The van der Waals surface area contributed by atoms with Crippen LogP contribution < -0.4 is 5.32 Å². The van der Waals surface area contributed by atoms with Crippen molar-refractivity contribution in [1.82, 2.24) is 5.32 Å². The lowest BCUT2D eigenvalue weighted by Crippen LogP contribution is -2.30. The first-order chi connectivity index (χ1) is 4.79. The molecule has 0 radical (unpaired) electrons. The summed E-state index contributed by atoms with van der Waals surface area (Å²) in [5.41, 5.74) is 0. The lowest BCUT2D eigenvalue weighted by molar-refractivity contribution is 0.329. The van der Waals surface area contributed by atoms with E-state index in [4.69, 9.17) is 0 Å². The molecule has 2 heteroatoms. The monoisotopic (exact) mass is 145 g/mol. The van der Waals surface area contributed by atoms with Crippen LogP contribution in [0.5, 0.6) is 0 Å². The second kappa shape index (κ2) is 3.91. The van der Waals surface area contributed by atoms with Crippen LogP contribution in [0.15, 0.2) is 0 Å². The fourth-order valence-corrected chi connectivity index (χ4v) is 1.46. The Bertz CT molecular complexity index is 87.3. The van der Waals surface area contributed by atoms with Crippen LogP contribution in [-0.2, 0) is 0 Å². The van der Waals surface area contributed by atoms with Gasteiger partial charge in [0.15, 0.2) is 0 Å². The second-order valence-electron chi connectivity index (χ2n) is 3.17. The highest BCUT2D eigenvalue weighted by atomic mass is 19.1. The van der Waals surface area contributed by atoms with Crippen molar-refractivity contribution in [2.75, 3.05) is 6.54 Å². The van der Waals surface area contributed by atoms with Crippen LogP contribution in [0.3, 0.4) is 0 Å².